The number of aromatic nitrogens is 1. The standard InChI is InChI=1S/C17H20N2O2S/c1-21-13-6-4-5-12(11-13)18-16(20)9-10-17-19-14-7-2-3-8-15(14)22-17/h4-6,11H,2-3,7-10H2,1H3,(H,18,20). The molecule has 1 heterocycles. The molecule has 0 fully saturated rings. The molecule has 0 unspecified atom stereocenters. The Morgan fingerprint density at radius 2 is 2.23 bits per heavy atom. The number of fused-ring (bicyclic) bond motifs is 1. The van der Waals surface area contributed by atoms with Crippen molar-refractivity contribution in [3.05, 3.63) is 39.8 Å². The molecule has 0 saturated heterocycles. The van der Waals surface area contributed by atoms with Crippen molar-refractivity contribution in [3.8, 4) is 5.75 Å². The van der Waals surface area contributed by atoms with Crippen LogP contribution in [0.25, 0.3) is 0 Å². The van der Waals surface area contributed by atoms with Crippen LogP contribution in [0.4, 0.5) is 5.69 Å². The van der Waals surface area contributed by atoms with Crippen molar-refractivity contribution in [3.63, 3.8) is 0 Å². The van der Waals surface area contributed by atoms with E-state index in [-0.39, 0.29) is 5.91 Å². The number of carbonyl (C=O) groups is 1. The van der Waals surface area contributed by atoms with Crippen molar-refractivity contribution in [1.29, 1.82) is 0 Å². The lowest BCUT2D eigenvalue weighted by molar-refractivity contribution is -0.116. The number of rotatable bonds is 5. The van der Waals surface area contributed by atoms with Crippen LogP contribution in [-0.2, 0) is 24.1 Å². The summed E-state index contributed by atoms with van der Waals surface area (Å²) >= 11 is 1.78. The van der Waals surface area contributed by atoms with E-state index in [0.29, 0.717) is 12.8 Å². The first-order valence-corrected chi connectivity index (χ1v) is 8.47. The monoisotopic (exact) mass is 316 g/mol. The number of benzene rings is 1. The SMILES string of the molecule is COc1cccc(NC(=O)CCc2nc3c(s2)CCCC3)c1. The van der Waals surface area contributed by atoms with Crippen LogP contribution < -0.4 is 10.1 Å². The first-order chi connectivity index (χ1) is 10.7. The van der Waals surface area contributed by atoms with Crippen molar-refractivity contribution < 1.29 is 9.53 Å². The molecule has 1 aromatic heterocycles. The van der Waals surface area contributed by atoms with Gasteiger partial charge >= 0.3 is 0 Å². The molecule has 116 valence electrons. The van der Waals surface area contributed by atoms with E-state index in [4.69, 9.17) is 4.74 Å². The van der Waals surface area contributed by atoms with Crippen molar-refractivity contribution >= 4 is 22.9 Å². The van der Waals surface area contributed by atoms with Gasteiger partial charge in [0.25, 0.3) is 0 Å². The summed E-state index contributed by atoms with van der Waals surface area (Å²) in [6.45, 7) is 0. The van der Waals surface area contributed by atoms with Gasteiger partial charge in [0, 0.05) is 29.5 Å². The van der Waals surface area contributed by atoms with E-state index in [1.165, 1.54) is 23.4 Å². The second-order valence-corrected chi connectivity index (χ2v) is 6.63. The fourth-order valence-corrected chi connectivity index (χ4v) is 3.81. The number of ether oxygens (including phenoxy) is 1. The molecule has 1 aliphatic carbocycles. The van der Waals surface area contributed by atoms with Gasteiger partial charge in [0.15, 0.2) is 0 Å². The Morgan fingerprint density at radius 3 is 3.05 bits per heavy atom. The van der Waals surface area contributed by atoms with Crippen LogP contribution in [0.15, 0.2) is 24.3 Å². The summed E-state index contributed by atoms with van der Waals surface area (Å²) in [4.78, 5) is 18.2. The number of nitrogens with zero attached hydrogens (tertiary/aromatic N) is 1. The number of methoxy groups -OCH3 is 1. The number of amides is 1. The van der Waals surface area contributed by atoms with E-state index in [9.17, 15) is 4.79 Å². The number of hydrogen-bond donors (Lipinski definition) is 1. The zero-order chi connectivity index (χ0) is 15.4. The number of thiazole rings is 1. The van der Waals surface area contributed by atoms with Crippen LogP contribution in [0.5, 0.6) is 5.75 Å². The number of carbonyl (C=O) groups excluding carboxylic acids is 1. The number of aryl methyl sites for hydroxylation is 3. The van der Waals surface area contributed by atoms with E-state index < -0.39 is 0 Å². The van der Waals surface area contributed by atoms with E-state index in [1.807, 2.05) is 24.3 Å². The fourth-order valence-electron chi connectivity index (χ4n) is 2.66. The molecule has 0 atom stereocenters. The Morgan fingerprint density at radius 1 is 1.36 bits per heavy atom. The molecule has 2 aromatic rings. The second kappa shape index (κ2) is 6.92. The Hall–Kier alpha value is -1.88. The lowest BCUT2D eigenvalue weighted by atomic mass is 10.0. The Bertz CT molecular complexity index is 643. The molecule has 4 nitrogen and oxygen atoms in total. The van der Waals surface area contributed by atoms with Gasteiger partial charge in [-0.1, -0.05) is 6.07 Å². The van der Waals surface area contributed by atoms with Crippen molar-refractivity contribution in [1.82, 2.24) is 4.98 Å². The highest BCUT2D eigenvalue weighted by Crippen LogP contribution is 2.27. The van der Waals surface area contributed by atoms with Crippen LogP contribution in [0.1, 0.15) is 34.8 Å². The molecule has 0 spiro atoms. The fraction of sp³-hybridized carbons (Fsp3) is 0.412. The Labute approximate surface area is 134 Å². The summed E-state index contributed by atoms with van der Waals surface area (Å²) in [5.74, 6) is 0.756. The third kappa shape index (κ3) is 3.65. The minimum Gasteiger partial charge on any atom is -0.497 e. The summed E-state index contributed by atoms with van der Waals surface area (Å²) in [5.41, 5.74) is 2.03. The molecule has 3 rings (SSSR count). The lowest BCUT2D eigenvalue weighted by Crippen LogP contribution is -2.12. The number of nitrogens with one attached hydrogen (secondary N) is 1. The van der Waals surface area contributed by atoms with Crippen LogP contribution in [0, 0.1) is 0 Å². The molecule has 1 aliphatic rings. The first kappa shape index (κ1) is 15.0. The third-order valence-electron chi connectivity index (χ3n) is 3.81. The van der Waals surface area contributed by atoms with Gasteiger partial charge in [-0.25, -0.2) is 4.98 Å². The minimum atomic E-state index is 0.0152. The normalized spacial score (nSPS) is 13.5. The molecule has 0 radical (unpaired) electrons. The third-order valence-corrected chi connectivity index (χ3v) is 5.03. The van der Waals surface area contributed by atoms with Gasteiger partial charge in [0.2, 0.25) is 5.91 Å². The molecule has 1 N–H and O–H groups in total. The molecule has 1 amide bonds. The second-order valence-electron chi connectivity index (χ2n) is 5.46. The molecule has 0 aliphatic heterocycles. The predicted molar refractivity (Wildman–Crippen MR) is 88.7 cm³/mol. The first-order valence-electron chi connectivity index (χ1n) is 7.66. The maximum absolute atomic E-state index is 12.1. The largest absolute Gasteiger partial charge is 0.497 e. The van der Waals surface area contributed by atoms with Gasteiger partial charge in [-0.05, 0) is 37.8 Å². The van der Waals surface area contributed by atoms with Gasteiger partial charge in [-0.3, -0.25) is 4.79 Å². The molecule has 22 heavy (non-hydrogen) atoms. The smallest absolute Gasteiger partial charge is 0.224 e. The molecule has 0 bridgehead atoms. The molecule has 1 aromatic carbocycles. The van der Waals surface area contributed by atoms with E-state index in [1.54, 1.807) is 18.4 Å². The predicted octanol–water partition coefficient (Wildman–Crippen LogP) is 3.60. The zero-order valence-electron chi connectivity index (χ0n) is 12.7. The summed E-state index contributed by atoms with van der Waals surface area (Å²) in [5, 5.41) is 4.00. The van der Waals surface area contributed by atoms with Crippen molar-refractivity contribution in [2.75, 3.05) is 12.4 Å². The number of hydrogen-bond acceptors (Lipinski definition) is 4. The van der Waals surface area contributed by atoms with Crippen molar-refractivity contribution in [2.24, 2.45) is 0 Å². The van der Waals surface area contributed by atoms with E-state index >= 15 is 0 Å². The molecule has 5 heteroatoms. The number of anilines is 1. The topological polar surface area (TPSA) is 51.2 Å². The Kier molecular flexibility index (Phi) is 4.73. The minimum absolute atomic E-state index is 0.0152. The van der Waals surface area contributed by atoms with Gasteiger partial charge in [-0.2, -0.15) is 0 Å². The molecular formula is C17H20N2O2S. The molecular weight excluding hydrogens is 296 g/mol. The maximum atomic E-state index is 12.1. The van der Waals surface area contributed by atoms with Crippen LogP contribution in [-0.4, -0.2) is 18.0 Å². The highest BCUT2D eigenvalue weighted by atomic mass is 32.1. The summed E-state index contributed by atoms with van der Waals surface area (Å²) in [6, 6.07) is 7.40. The van der Waals surface area contributed by atoms with E-state index in [2.05, 4.69) is 10.3 Å². The Balaban J connectivity index is 1.54. The molecule has 0 saturated carbocycles. The quantitative estimate of drug-likeness (QED) is 0.917. The summed E-state index contributed by atoms with van der Waals surface area (Å²) in [7, 11) is 1.62. The summed E-state index contributed by atoms with van der Waals surface area (Å²) in [6.07, 6.45) is 5.94. The maximum Gasteiger partial charge on any atom is 0.224 e. The highest BCUT2D eigenvalue weighted by molar-refractivity contribution is 7.11. The van der Waals surface area contributed by atoms with Crippen LogP contribution in [0.3, 0.4) is 0 Å². The summed E-state index contributed by atoms with van der Waals surface area (Å²) < 4.78 is 5.15. The lowest BCUT2D eigenvalue weighted by Gasteiger charge is -2.06. The highest BCUT2D eigenvalue weighted by Gasteiger charge is 2.15. The van der Waals surface area contributed by atoms with Gasteiger partial charge in [-0.15, -0.1) is 11.3 Å². The average molecular weight is 316 g/mol. The van der Waals surface area contributed by atoms with Gasteiger partial charge in [0.05, 0.1) is 17.8 Å². The zero-order valence-corrected chi connectivity index (χ0v) is 13.5. The van der Waals surface area contributed by atoms with Gasteiger partial charge < -0.3 is 10.1 Å². The van der Waals surface area contributed by atoms with Crippen LogP contribution in [0.2, 0.25) is 0 Å². The van der Waals surface area contributed by atoms with Gasteiger partial charge in [0.1, 0.15) is 5.75 Å². The average Bonchev–Trinajstić information content (AvgIpc) is 2.96. The van der Waals surface area contributed by atoms with Crippen molar-refractivity contribution in [2.45, 2.75) is 38.5 Å². The van der Waals surface area contributed by atoms with Crippen LogP contribution >= 0.6 is 11.3 Å². The van der Waals surface area contributed by atoms with E-state index in [0.717, 1.165) is 29.3 Å².